The highest BCUT2D eigenvalue weighted by molar-refractivity contribution is 5.85. The normalized spacial score (nSPS) is 17.2. The van der Waals surface area contributed by atoms with Gasteiger partial charge in [0.2, 0.25) is 0 Å². The molecule has 1 N–H and O–H groups in total. The minimum absolute atomic E-state index is 0.460. The van der Waals surface area contributed by atoms with E-state index in [1.54, 1.807) is 0 Å². The van der Waals surface area contributed by atoms with Crippen molar-refractivity contribution in [1.82, 2.24) is 5.32 Å². The number of hydrogen-bond acceptors (Lipinski definition) is 2. The number of rotatable bonds is 3. The topological polar surface area (TPSA) is 24.4 Å². The van der Waals surface area contributed by atoms with Gasteiger partial charge in [-0.2, -0.15) is 0 Å². The smallest absolute Gasteiger partial charge is 0.100 e. The lowest BCUT2D eigenvalue weighted by atomic mass is 10.00. The van der Waals surface area contributed by atoms with Gasteiger partial charge in [-0.05, 0) is 12.0 Å². The minimum Gasteiger partial charge on any atom is -0.370 e. The maximum absolute atomic E-state index is 4.54. The Labute approximate surface area is 97.1 Å². The molecule has 0 bridgehead atoms. The van der Waals surface area contributed by atoms with Gasteiger partial charge in [0.25, 0.3) is 0 Å². The molecule has 1 aromatic rings. The molecule has 2 rings (SSSR count). The first-order valence-electron chi connectivity index (χ1n) is 5.83. The predicted octanol–water partition coefficient (Wildman–Crippen LogP) is 2.42. The van der Waals surface area contributed by atoms with Crippen LogP contribution in [0.5, 0.6) is 0 Å². The van der Waals surface area contributed by atoms with Gasteiger partial charge in [-0.25, -0.2) is 0 Å². The summed E-state index contributed by atoms with van der Waals surface area (Å²) in [6.45, 7) is 3.93. The number of nitrogens with one attached hydrogen (secondary N) is 1. The molecule has 0 radical (unpaired) electrons. The zero-order valence-corrected chi connectivity index (χ0v) is 9.69. The summed E-state index contributed by atoms with van der Waals surface area (Å²) < 4.78 is 0. The second-order valence-electron chi connectivity index (χ2n) is 4.17. The van der Waals surface area contributed by atoms with Crippen molar-refractivity contribution in [2.75, 3.05) is 13.1 Å². The van der Waals surface area contributed by atoms with Crippen molar-refractivity contribution in [3.8, 4) is 0 Å². The Balaban J connectivity index is 1.98. The SMILES string of the molecule is CC(Cc1ccccc1)C1=NCC=CCN1. The van der Waals surface area contributed by atoms with Crippen LogP contribution in [0.4, 0.5) is 0 Å². The molecular formula is C14H18N2. The second kappa shape index (κ2) is 5.50. The summed E-state index contributed by atoms with van der Waals surface area (Å²) in [5.41, 5.74) is 1.37. The lowest BCUT2D eigenvalue weighted by Gasteiger charge is -2.15. The Hall–Kier alpha value is -1.57. The summed E-state index contributed by atoms with van der Waals surface area (Å²) in [6.07, 6.45) is 5.29. The summed E-state index contributed by atoms with van der Waals surface area (Å²) >= 11 is 0. The van der Waals surface area contributed by atoms with Gasteiger partial charge in [0.15, 0.2) is 0 Å². The van der Waals surface area contributed by atoms with E-state index < -0.39 is 0 Å². The van der Waals surface area contributed by atoms with Crippen LogP contribution in [0.15, 0.2) is 47.5 Å². The number of benzene rings is 1. The first-order valence-corrected chi connectivity index (χ1v) is 5.83. The van der Waals surface area contributed by atoms with Gasteiger partial charge in [-0.1, -0.05) is 49.4 Å². The van der Waals surface area contributed by atoms with Crippen LogP contribution in [-0.4, -0.2) is 18.9 Å². The third-order valence-corrected chi connectivity index (χ3v) is 2.79. The summed E-state index contributed by atoms with van der Waals surface area (Å²) in [7, 11) is 0. The summed E-state index contributed by atoms with van der Waals surface area (Å²) in [6, 6.07) is 10.6. The van der Waals surface area contributed by atoms with Gasteiger partial charge in [0.05, 0.1) is 6.54 Å². The molecule has 0 fully saturated rings. The maximum Gasteiger partial charge on any atom is 0.100 e. The van der Waals surface area contributed by atoms with Gasteiger partial charge >= 0.3 is 0 Å². The number of amidine groups is 1. The number of hydrogen-bond donors (Lipinski definition) is 1. The minimum atomic E-state index is 0.460. The molecule has 84 valence electrons. The van der Waals surface area contributed by atoms with Crippen LogP contribution >= 0.6 is 0 Å². The van der Waals surface area contributed by atoms with E-state index in [4.69, 9.17) is 0 Å². The average molecular weight is 214 g/mol. The third kappa shape index (κ3) is 2.96. The van der Waals surface area contributed by atoms with Crippen molar-refractivity contribution in [3.63, 3.8) is 0 Å². The first kappa shape index (κ1) is 10.9. The fourth-order valence-corrected chi connectivity index (χ4v) is 1.92. The van der Waals surface area contributed by atoms with Crippen LogP contribution in [0.1, 0.15) is 12.5 Å². The molecule has 1 atom stereocenters. The molecule has 16 heavy (non-hydrogen) atoms. The van der Waals surface area contributed by atoms with E-state index in [-0.39, 0.29) is 0 Å². The molecular weight excluding hydrogens is 196 g/mol. The monoisotopic (exact) mass is 214 g/mol. The van der Waals surface area contributed by atoms with Crippen LogP contribution in [0, 0.1) is 5.92 Å². The first-order chi connectivity index (χ1) is 7.86. The van der Waals surface area contributed by atoms with Gasteiger partial charge in [0.1, 0.15) is 5.84 Å². The lowest BCUT2D eigenvalue weighted by Crippen LogP contribution is -2.30. The predicted molar refractivity (Wildman–Crippen MR) is 68.8 cm³/mol. The van der Waals surface area contributed by atoms with Crippen LogP contribution in [0.2, 0.25) is 0 Å². The van der Waals surface area contributed by atoms with Crippen LogP contribution in [0.25, 0.3) is 0 Å². The largest absolute Gasteiger partial charge is 0.370 e. The zero-order valence-electron chi connectivity index (χ0n) is 9.69. The summed E-state index contributed by atoms with van der Waals surface area (Å²) in [5, 5.41) is 3.36. The van der Waals surface area contributed by atoms with Crippen LogP contribution in [0.3, 0.4) is 0 Å². The van der Waals surface area contributed by atoms with E-state index in [2.05, 4.69) is 59.7 Å². The molecule has 0 spiro atoms. The van der Waals surface area contributed by atoms with Crippen molar-refractivity contribution in [2.24, 2.45) is 10.9 Å². The number of nitrogens with zero attached hydrogens (tertiary/aromatic N) is 1. The van der Waals surface area contributed by atoms with Gasteiger partial charge in [-0.15, -0.1) is 0 Å². The fourth-order valence-electron chi connectivity index (χ4n) is 1.92. The second-order valence-corrected chi connectivity index (χ2v) is 4.17. The average Bonchev–Trinajstić information content (AvgIpc) is 2.59. The molecule has 0 saturated heterocycles. The van der Waals surface area contributed by atoms with Crippen molar-refractivity contribution in [2.45, 2.75) is 13.3 Å². The zero-order chi connectivity index (χ0) is 11.2. The van der Waals surface area contributed by atoms with Gasteiger partial charge < -0.3 is 5.32 Å². The Bertz CT molecular complexity index is 379. The standard InChI is InChI=1S/C14H18N2/c1-12(11-13-7-3-2-4-8-13)14-15-9-5-6-10-16-14/h2-8,12H,9-11H2,1H3,(H,15,16). The van der Waals surface area contributed by atoms with E-state index in [0.717, 1.165) is 25.3 Å². The quantitative estimate of drug-likeness (QED) is 0.768. The van der Waals surface area contributed by atoms with Gasteiger partial charge in [-0.3, -0.25) is 4.99 Å². The molecule has 2 heteroatoms. The molecule has 1 aliphatic heterocycles. The molecule has 0 aliphatic carbocycles. The molecule has 1 unspecified atom stereocenters. The van der Waals surface area contributed by atoms with Crippen LogP contribution in [-0.2, 0) is 6.42 Å². The highest BCUT2D eigenvalue weighted by Gasteiger charge is 2.11. The fraction of sp³-hybridized carbons (Fsp3) is 0.357. The highest BCUT2D eigenvalue weighted by atomic mass is 15.0. The van der Waals surface area contributed by atoms with E-state index in [1.165, 1.54) is 5.56 Å². The number of aliphatic imine (C=N–C) groups is 1. The molecule has 2 nitrogen and oxygen atoms in total. The van der Waals surface area contributed by atoms with E-state index in [0.29, 0.717) is 5.92 Å². The lowest BCUT2D eigenvalue weighted by molar-refractivity contribution is 0.730. The maximum atomic E-state index is 4.54. The van der Waals surface area contributed by atoms with Crippen LogP contribution < -0.4 is 5.32 Å². The Morgan fingerprint density at radius 1 is 1.25 bits per heavy atom. The summed E-state index contributed by atoms with van der Waals surface area (Å²) in [5.74, 6) is 1.59. The highest BCUT2D eigenvalue weighted by Crippen LogP contribution is 2.09. The van der Waals surface area contributed by atoms with E-state index in [9.17, 15) is 0 Å². The molecule has 0 amide bonds. The third-order valence-electron chi connectivity index (χ3n) is 2.79. The van der Waals surface area contributed by atoms with E-state index in [1.807, 2.05) is 0 Å². The molecule has 0 aromatic heterocycles. The van der Waals surface area contributed by atoms with Crippen molar-refractivity contribution >= 4 is 5.84 Å². The molecule has 1 aliphatic rings. The van der Waals surface area contributed by atoms with E-state index >= 15 is 0 Å². The Kier molecular flexibility index (Phi) is 3.76. The van der Waals surface area contributed by atoms with Gasteiger partial charge in [0, 0.05) is 12.5 Å². The summed E-state index contributed by atoms with van der Waals surface area (Å²) in [4.78, 5) is 4.54. The Morgan fingerprint density at radius 2 is 2.06 bits per heavy atom. The molecule has 0 saturated carbocycles. The van der Waals surface area contributed by atoms with Crippen molar-refractivity contribution in [3.05, 3.63) is 48.0 Å². The van der Waals surface area contributed by atoms with Crippen molar-refractivity contribution < 1.29 is 0 Å². The Morgan fingerprint density at radius 3 is 2.88 bits per heavy atom. The molecule has 1 heterocycles. The molecule has 1 aromatic carbocycles. The van der Waals surface area contributed by atoms with Crippen molar-refractivity contribution in [1.29, 1.82) is 0 Å².